The smallest absolute Gasteiger partial charge is 0.370 e. The van der Waals surface area contributed by atoms with Crippen LogP contribution in [0.2, 0.25) is 0 Å². The maximum Gasteiger partial charge on any atom is 0.411 e. The predicted octanol–water partition coefficient (Wildman–Crippen LogP) is 2.05. The number of hydrazine groups is 1. The van der Waals surface area contributed by atoms with E-state index in [9.17, 15) is 22.0 Å². The largest absolute Gasteiger partial charge is 0.411 e. The first-order valence-corrected chi connectivity index (χ1v) is 4.88. The third kappa shape index (κ3) is 4.94. The summed E-state index contributed by atoms with van der Waals surface area (Å²) >= 11 is 0. The Morgan fingerprint density at radius 3 is 2.17 bits per heavy atom. The average molecular weight is 270 g/mol. The van der Waals surface area contributed by atoms with Crippen LogP contribution in [0.4, 0.5) is 22.0 Å². The Kier molecular flexibility index (Phi) is 5.00. The van der Waals surface area contributed by atoms with E-state index in [0.29, 0.717) is 6.07 Å². The zero-order valence-electron chi connectivity index (χ0n) is 9.10. The third-order valence-corrected chi connectivity index (χ3v) is 2.04. The first kappa shape index (κ1) is 14.8. The van der Waals surface area contributed by atoms with E-state index in [4.69, 9.17) is 5.84 Å². The molecule has 0 aliphatic carbocycles. The lowest BCUT2D eigenvalue weighted by Gasteiger charge is -2.17. The minimum absolute atomic E-state index is 0.0668. The topological polar surface area (TPSA) is 47.3 Å². The molecule has 0 saturated heterocycles. The molecule has 1 atom stereocenters. The van der Waals surface area contributed by atoms with Crippen LogP contribution in [0.3, 0.4) is 0 Å². The Bertz CT molecular complexity index is 376. The van der Waals surface area contributed by atoms with Crippen LogP contribution in [-0.4, -0.2) is 19.4 Å². The predicted molar refractivity (Wildman–Crippen MR) is 53.3 cm³/mol. The number of hydrogen-bond acceptors (Lipinski definition) is 3. The molecule has 0 heterocycles. The van der Waals surface area contributed by atoms with Crippen molar-refractivity contribution in [2.45, 2.75) is 12.2 Å². The normalized spacial score (nSPS) is 13.7. The van der Waals surface area contributed by atoms with E-state index in [0.717, 1.165) is 12.1 Å². The number of alkyl halides is 3. The minimum Gasteiger partial charge on any atom is -0.370 e. The Hall–Kier alpha value is -1.25. The molecule has 1 unspecified atom stereocenters. The molecule has 0 aliphatic heterocycles. The first-order valence-electron chi connectivity index (χ1n) is 4.88. The highest BCUT2D eigenvalue weighted by Crippen LogP contribution is 2.19. The highest BCUT2D eigenvalue weighted by atomic mass is 19.4. The van der Waals surface area contributed by atoms with Crippen LogP contribution in [0.25, 0.3) is 0 Å². The zero-order valence-corrected chi connectivity index (χ0v) is 9.10. The summed E-state index contributed by atoms with van der Waals surface area (Å²) in [7, 11) is 0. The van der Waals surface area contributed by atoms with Gasteiger partial charge in [0.25, 0.3) is 0 Å². The van der Waals surface area contributed by atoms with Gasteiger partial charge < -0.3 is 4.74 Å². The molecule has 102 valence electrons. The molecule has 0 aromatic heterocycles. The van der Waals surface area contributed by atoms with Gasteiger partial charge in [-0.3, -0.25) is 11.3 Å². The third-order valence-electron chi connectivity index (χ3n) is 2.04. The van der Waals surface area contributed by atoms with E-state index < -0.39 is 37.1 Å². The lowest BCUT2D eigenvalue weighted by Crippen LogP contribution is -2.32. The van der Waals surface area contributed by atoms with Gasteiger partial charge in [0.1, 0.15) is 18.2 Å². The minimum atomic E-state index is -4.47. The molecule has 0 aliphatic rings. The van der Waals surface area contributed by atoms with E-state index >= 15 is 0 Å². The first-order chi connectivity index (χ1) is 8.31. The van der Waals surface area contributed by atoms with Gasteiger partial charge >= 0.3 is 6.18 Å². The SMILES string of the molecule is NNC(COCC(F)(F)F)c1cc(F)cc(F)c1. The molecule has 1 aromatic carbocycles. The Balaban J connectivity index is 2.65. The summed E-state index contributed by atoms with van der Waals surface area (Å²) in [6.07, 6.45) is -4.47. The summed E-state index contributed by atoms with van der Waals surface area (Å²) in [6, 6.07) is 1.64. The number of hydrogen-bond donors (Lipinski definition) is 2. The Morgan fingerprint density at radius 2 is 1.72 bits per heavy atom. The molecule has 1 aromatic rings. The molecule has 0 amide bonds. The lowest BCUT2D eigenvalue weighted by atomic mass is 10.1. The number of nitrogens with one attached hydrogen (secondary N) is 1. The Morgan fingerprint density at radius 1 is 1.17 bits per heavy atom. The molecule has 8 heteroatoms. The molecule has 0 fully saturated rings. The molecule has 0 saturated carbocycles. The van der Waals surface area contributed by atoms with E-state index in [-0.39, 0.29) is 5.56 Å². The summed E-state index contributed by atoms with van der Waals surface area (Å²) in [5.41, 5.74) is 2.20. The second-order valence-electron chi connectivity index (χ2n) is 3.55. The second kappa shape index (κ2) is 6.07. The molecule has 0 radical (unpaired) electrons. The van der Waals surface area contributed by atoms with Crippen molar-refractivity contribution in [1.29, 1.82) is 0 Å². The summed E-state index contributed by atoms with van der Waals surface area (Å²) < 4.78 is 65.7. The van der Waals surface area contributed by atoms with Gasteiger partial charge in [0.2, 0.25) is 0 Å². The van der Waals surface area contributed by atoms with Gasteiger partial charge in [0.05, 0.1) is 12.6 Å². The van der Waals surface area contributed by atoms with Crippen molar-refractivity contribution in [3.63, 3.8) is 0 Å². The van der Waals surface area contributed by atoms with Crippen LogP contribution >= 0.6 is 0 Å². The summed E-state index contributed by atoms with van der Waals surface area (Å²) in [4.78, 5) is 0. The highest BCUT2D eigenvalue weighted by molar-refractivity contribution is 5.21. The molecular weight excluding hydrogens is 259 g/mol. The highest BCUT2D eigenvalue weighted by Gasteiger charge is 2.28. The van der Waals surface area contributed by atoms with Gasteiger partial charge in [-0.2, -0.15) is 13.2 Å². The van der Waals surface area contributed by atoms with Gasteiger partial charge in [-0.25, -0.2) is 8.78 Å². The number of rotatable bonds is 5. The van der Waals surface area contributed by atoms with Crippen LogP contribution in [0.1, 0.15) is 11.6 Å². The molecule has 0 bridgehead atoms. The molecule has 1 rings (SSSR count). The van der Waals surface area contributed by atoms with Gasteiger partial charge in [-0.1, -0.05) is 0 Å². The van der Waals surface area contributed by atoms with Crippen molar-refractivity contribution < 1.29 is 26.7 Å². The van der Waals surface area contributed by atoms with E-state index in [1.807, 2.05) is 0 Å². The lowest BCUT2D eigenvalue weighted by molar-refractivity contribution is -0.175. The zero-order chi connectivity index (χ0) is 13.8. The van der Waals surface area contributed by atoms with Crippen LogP contribution in [0.15, 0.2) is 18.2 Å². The van der Waals surface area contributed by atoms with Crippen LogP contribution in [0, 0.1) is 11.6 Å². The van der Waals surface area contributed by atoms with Crippen molar-refractivity contribution in [3.8, 4) is 0 Å². The second-order valence-corrected chi connectivity index (χ2v) is 3.55. The maximum absolute atomic E-state index is 12.9. The molecular formula is C10H11F5N2O. The summed E-state index contributed by atoms with van der Waals surface area (Å²) in [5.74, 6) is 3.41. The number of benzene rings is 1. The fourth-order valence-corrected chi connectivity index (χ4v) is 1.31. The number of nitrogens with two attached hydrogens (primary N) is 1. The quantitative estimate of drug-likeness (QED) is 0.489. The molecule has 3 nitrogen and oxygen atoms in total. The fourth-order valence-electron chi connectivity index (χ4n) is 1.31. The van der Waals surface area contributed by atoms with Crippen molar-refractivity contribution in [2.75, 3.05) is 13.2 Å². The van der Waals surface area contributed by atoms with Gasteiger partial charge in [0.15, 0.2) is 0 Å². The number of halogens is 5. The fraction of sp³-hybridized carbons (Fsp3) is 0.400. The molecule has 18 heavy (non-hydrogen) atoms. The number of ether oxygens (including phenoxy) is 1. The van der Waals surface area contributed by atoms with E-state index in [1.54, 1.807) is 0 Å². The Labute approximate surface area is 99.7 Å². The standard InChI is InChI=1S/C10H11F5N2O/c11-7-1-6(2-8(12)3-7)9(17-16)4-18-5-10(13,14)15/h1-3,9,17H,4-5,16H2. The van der Waals surface area contributed by atoms with Gasteiger partial charge in [0, 0.05) is 6.07 Å². The molecule has 3 N–H and O–H groups in total. The van der Waals surface area contributed by atoms with Crippen molar-refractivity contribution >= 4 is 0 Å². The monoisotopic (exact) mass is 270 g/mol. The van der Waals surface area contributed by atoms with Crippen molar-refractivity contribution in [1.82, 2.24) is 5.43 Å². The van der Waals surface area contributed by atoms with Crippen molar-refractivity contribution in [2.24, 2.45) is 5.84 Å². The van der Waals surface area contributed by atoms with Gasteiger partial charge in [-0.05, 0) is 17.7 Å². The van der Waals surface area contributed by atoms with Gasteiger partial charge in [-0.15, -0.1) is 0 Å². The van der Waals surface area contributed by atoms with Crippen LogP contribution in [-0.2, 0) is 4.74 Å². The summed E-state index contributed by atoms with van der Waals surface area (Å²) in [6.45, 7) is -1.91. The van der Waals surface area contributed by atoms with E-state index in [2.05, 4.69) is 10.2 Å². The van der Waals surface area contributed by atoms with E-state index in [1.165, 1.54) is 0 Å². The molecule has 0 spiro atoms. The average Bonchev–Trinajstić information content (AvgIpc) is 2.21. The van der Waals surface area contributed by atoms with Crippen molar-refractivity contribution in [3.05, 3.63) is 35.4 Å². The van der Waals surface area contributed by atoms with Crippen LogP contribution < -0.4 is 11.3 Å². The van der Waals surface area contributed by atoms with Crippen LogP contribution in [0.5, 0.6) is 0 Å². The summed E-state index contributed by atoms with van der Waals surface area (Å²) in [5, 5.41) is 0. The maximum atomic E-state index is 12.9.